The van der Waals surface area contributed by atoms with Crippen LogP contribution in [0.1, 0.15) is 11.1 Å². The highest BCUT2D eigenvalue weighted by atomic mass is 35.5. The molecule has 4 aromatic rings. The molecule has 144 valence electrons. The second-order valence-electron chi connectivity index (χ2n) is 6.58. The Labute approximate surface area is 181 Å². The molecule has 5 rings (SSSR count). The van der Waals surface area contributed by atoms with Crippen LogP contribution in [0, 0.1) is 0 Å². The monoisotopic (exact) mass is 440 g/mol. The molecule has 1 aliphatic heterocycles. The average Bonchev–Trinajstić information content (AvgIpc) is 2.68. The Morgan fingerprint density at radius 2 is 1.76 bits per heavy atom. The summed E-state index contributed by atoms with van der Waals surface area (Å²) in [7, 11) is 0. The summed E-state index contributed by atoms with van der Waals surface area (Å²) in [6.07, 6.45) is 0. The molecule has 0 bridgehead atoms. The van der Waals surface area contributed by atoms with Crippen molar-refractivity contribution in [2.24, 2.45) is 0 Å². The van der Waals surface area contributed by atoms with E-state index in [2.05, 4.69) is 21.0 Å². The molecule has 2 heterocycles. The minimum Gasteiger partial charge on any atom is -0.372 e. The van der Waals surface area contributed by atoms with Gasteiger partial charge in [0.15, 0.2) is 11.0 Å². The van der Waals surface area contributed by atoms with Gasteiger partial charge in [-0.05, 0) is 57.9 Å². The van der Waals surface area contributed by atoms with Gasteiger partial charge in [0.2, 0.25) is 5.95 Å². The van der Waals surface area contributed by atoms with Crippen LogP contribution < -0.4 is 5.73 Å². The van der Waals surface area contributed by atoms with E-state index in [4.69, 9.17) is 33.7 Å². The van der Waals surface area contributed by atoms with Crippen LogP contribution in [-0.4, -0.2) is 15.0 Å². The second kappa shape index (κ2) is 7.46. The molecule has 0 saturated carbocycles. The molecule has 5 nitrogen and oxygen atoms in total. The van der Waals surface area contributed by atoms with E-state index in [9.17, 15) is 0 Å². The summed E-state index contributed by atoms with van der Waals surface area (Å²) >= 11 is 14.1. The largest absolute Gasteiger partial charge is 0.372 e. The predicted molar refractivity (Wildman–Crippen MR) is 116 cm³/mol. The van der Waals surface area contributed by atoms with Crippen LogP contribution in [0.4, 0.5) is 5.95 Å². The number of anilines is 1. The zero-order valence-corrected chi connectivity index (χ0v) is 17.4. The second-order valence-corrected chi connectivity index (χ2v) is 8.47. The van der Waals surface area contributed by atoms with Gasteiger partial charge in [-0.25, -0.2) is 4.98 Å². The highest BCUT2D eigenvalue weighted by molar-refractivity contribution is 7.99. The zero-order valence-electron chi connectivity index (χ0n) is 15.0. The van der Waals surface area contributed by atoms with E-state index >= 15 is 0 Å². The van der Waals surface area contributed by atoms with Crippen LogP contribution in [0.15, 0.2) is 58.6 Å². The zero-order chi connectivity index (χ0) is 20.0. The van der Waals surface area contributed by atoms with Crippen molar-refractivity contribution in [1.82, 2.24) is 15.0 Å². The SMILES string of the molecule is Nc1nc(Sc2cccc(Cl)c2)nc(-c2c(Cl)cc3c4c(cccc24)COC3)n1. The van der Waals surface area contributed by atoms with Gasteiger partial charge in [-0.1, -0.05) is 47.5 Å². The fourth-order valence-electron chi connectivity index (χ4n) is 3.51. The number of nitrogen functional groups attached to an aromatic ring is 1. The first-order valence-corrected chi connectivity index (χ1v) is 10.4. The number of hydrogen-bond acceptors (Lipinski definition) is 6. The molecular formula is C21H14Cl2N4OS. The summed E-state index contributed by atoms with van der Waals surface area (Å²) in [4.78, 5) is 14.2. The lowest BCUT2D eigenvalue weighted by atomic mass is 9.94. The molecule has 0 aliphatic carbocycles. The van der Waals surface area contributed by atoms with Crippen LogP contribution in [0.25, 0.3) is 22.2 Å². The summed E-state index contributed by atoms with van der Waals surface area (Å²) < 4.78 is 5.67. The summed E-state index contributed by atoms with van der Waals surface area (Å²) in [6, 6.07) is 15.5. The van der Waals surface area contributed by atoms with Gasteiger partial charge in [-0.2, -0.15) is 9.97 Å². The lowest BCUT2D eigenvalue weighted by Crippen LogP contribution is -2.06. The Bertz CT molecular complexity index is 1270. The summed E-state index contributed by atoms with van der Waals surface area (Å²) in [6.45, 7) is 1.10. The van der Waals surface area contributed by atoms with Crippen molar-refractivity contribution >= 4 is 51.7 Å². The third kappa shape index (κ3) is 3.53. The van der Waals surface area contributed by atoms with Crippen molar-refractivity contribution in [3.63, 3.8) is 0 Å². The third-order valence-electron chi connectivity index (χ3n) is 4.66. The fraction of sp³-hybridized carbons (Fsp3) is 0.0952. The molecule has 1 aromatic heterocycles. The molecule has 0 atom stereocenters. The fourth-order valence-corrected chi connectivity index (χ4v) is 4.90. The van der Waals surface area contributed by atoms with Crippen molar-refractivity contribution in [2.75, 3.05) is 5.73 Å². The van der Waals surface area contributed by atoms with E-state index in [-0.39, 0.29) is 5.95 Å². The normalized spacial score (nSPS) is 13.0. The lowest BCUT2D eigenvalue weighted by Gasteiger charge is -2.20. The molecule has 0 radical (unpaired) electrons. The first-order valence-electron chi connectivity index (χ1n) is 8.84. The minimum atomic E-state index is 0.138. The van der Waals surface area contributed by atoms with E-state index in [1.54, 1.807) is 0 Å². The standard InChI is InChI=1S/C21H14Cl2N4OS/c22-13-4-2-5-14(8-13)29-21-26-19(25-20(24)27-21)18-15-6-1-3-11-9-28-10-12(17(11)15)7-16(18)23/h1-8H,9-10H2,(H2,24,25,26,27). The van der Waals surface area contributed by atoms with Crippen molar-refractivity contribution in [1.29, 1.82) is 0 Å². The molecule has 0 saturated heterocycles. The van der Waals surface area contributed by atoms with Crippen LogP contribution in [0.3, 0.4) is 0 Å². The Hall–Kier alpha value is -2.38. The predicted octanol–water partition coefficient (Wildman–Crippen LogP) is 5.76. The number of benzene rings is 3. The smallest absolute Gasteiger partial charge is 0.224 e. The summed E-state index contributed by atoms with van der Waals surface area (Å²) in [5, 5.41) is 3.80. The van der Waals surface area contributed by atoms with Gasteiger partial charge in [0.25, 0.3) is 0 Å². The lowest BCUT2D eigenvalue weighted by molar-refractivity contribution is 0.103. The van der Waals surface area contributed by atoms with E-state index in [0.717, 1.165) is 32.4 Å². The van der Waals surface area contributed by atoms with E-state index in [1.807, 2.05) is 42.5 Å². The maximum Gasteiger partial charge on any atom is 0.224 e. The number of ether oxygens (including phenoxy) is 1. The quantitative estimate of drug-likeness (QED) is 0.436. The molecular weight excluding hydrogens is 427 g/mol. The molecule has 29 heavy (non-hydrogen) atoms. The highest BCUT2D eigenvalue weighted by Gasteiger charge is 2.21. The Kier molecular flexibility index (Phi) is 4.80. The number of hydrogen-bond donors (Lipinski definition) is 1. The summed E-state index contributed by atoms with van der Waals surface area (Å²) in [5.74, 6) is 0.585. The topological polar surface area (TPSA) is 73.9 Å². The number of rotatable bonds is 3. The molecule has 1 aliphatic rings. The molecule has 2 N–H and O–H groups in total. The van der Waals surface area contributed by atoms with Crippen molar-refractivity contribution in [3.8, 4) is 11.4 Å². The molecule has 0 unspecified atom stereocenters. The molecule has 8 heteroatoms. The van der Waals surface area contributed by atoms with Crippen LogP contribution in [-0.2, 0) is 18.0 Å². The molecule has 0 fully saturated rings. The average molecular weight is 441 g/mol. The van der Waals surface area contributed by atoms with Crippen LogP contribution in [0.2, 0.25) is 10.0 Å². The van der Waals surface area contributed by atoms with Gasteiger partial charge in [0.1, 0.15) is 0 Å². The van der Waals surface area contributed by atoms with Gasteiger partial charge in [-0.3, -0.25) is 0 Å². The summed E-state index contributed by atoms with van der Waals surface area (Å²) in [5.41, 5.74) is 8.94. The van der Waals surface area contributed by atoms with Crippen molar-refractivity contribution < 1.29 is 4.74 Å². The van der Waals surface area contributed by atoms with Gasteiger partial charge >= 0.3 is 0 Å². The van der Waals surface area contributed by atoms with Crippen molar-refractivity contribution in [2.45, 2.75) is 23.3 Å². The number of nitrogens with two attached hydrogens (primary N) is 1. The van der Waals surface area contributed by atoms with E-state index < -0.39 is 0 Å². The van der Waals surface area contributed by atoms with E-state index in [1.165, 1.54) is 11.8 Å². The number of aromatic nitrogens is 3. The number of nitrogens with zero attached hydrogens (tertiary/aromatic N) is 3. The third-order valence-corrected chi connectivity index (χ3v) is 6.05. The molecule has 0 amide bonds. The van der Waals surface area contributed by atoms with Gasteiger partial charge in [0, 0.05) is 15.5 Å². The first-order chi connectivity index (χ1) is 14.1. The van der Waals surface area contributed by atoms with Crippen LogP contribution in [0.5, 0.6) is 0 Å². The van der Waals surface area contributed by atoms with Crippen molar-refractivity contribution in [3.05, 3.63) is 69.7 Å². The Balaban J connectivity index is 1.67. The molecule has 0 spiro atoms. The Morgan fingerprint density at radius 3 is 2.62 bits per heavy atom. The number of halogens is 2. The molecule has 3 aromatic carbocycles. The minimum absolute atomic E-state index is 0.138. The highest BCUT2D eigenvalue weighted by Crippen LogP contribution is 2.40. The van der Waals surface area contributed by atoms with Gasteiger partial charge in [-0.15, -0.1) is 0 Å². The van der Waals surface area contributed by atoms with Gasteiger partial charge < -0.3 is 10.5 Å². The first kappa shape index (κ1) is 18.6. The maximum absolute atomic E-state index is 6.66. The Morgan fingerprint density at radius 1 is 0.931 bits per heavy atom. The van der Waals surface area contributed by atoms with E-state index in [0.29, 0.717) is 34.2 Å². The van der Waals surface area contributed by atoms with Gasteiger partial charge in [0.05, 0.1) is 18.2 Å². The maximum atomic E-state index is 6.66. The van der Waals surface area contributed by atoms with Crippen LogP contribution >= 0.6 is 35.0 Å².